The van der Waals surface area contributed by atoms with E-state index in [1.807, 2.05) is 23.6 Å². The van der Waals surface area contributed by atoms with Crippen molar-refractivity contribution in [3.05, 3.63) is 24.0 Å². The zero-order valence-corrected chi connectivity index (χ0v) is 12.7. The third-order valence-electron chi connectivity index (χ3n) is 2.67. The Kier molecular flexibility index (Phi) is 4.84. The Hall–Kier alpha value is -1.76. The van der Waals surface area contributed by atoms with Gasteiger partial charge in [-0.25, -0.2) is 0 Å². The van der Waals surface area contributed by atoms with Gasteiger partial charge in [0, 0.05) is 11.8 Å². The molecule has 0 aliphatic heterocycles. The van der Waals surface area contributed by atoms with Crippen LogP contribution in [0.2, 0.25) is 0 Å². The van der Waals surface area contributed by atoms with Crippen molar-refractivity contribution < 1.29 is 4.74 Å². The molecule has 2 rings (SSSR count). The number of aromatic nitrogens is 4. The average molecular weight is 293 g/mol. The lowest BCUT2D eigenvalue weighted by atomic mass is 10.4. The normalized spacial score (nSPS) is 11.0. The minimum absolute atomic E-state index is 0.237. The summed E-state index contributed by atoms with van der Waals surface area (Å²) in [6.07, 6.45) is 1.74. The molecule has 2 N–H and O–H groups in total. The van der Waals surface area contributed by atoms with Gasteiger partial charge in [-0.15, -0.1) is 10.2 Å². The maximum absolute atomic E-state index is 5.81. The second-order valence-electron chi connectivity index (χ2n) is 4.51. The summed E-state index contributed by atoms with van der Waals surface area (Å²) in [6, 6.07) is 4.12. The fourth-order valence-corrected chi connectivity index (χ4v) is 2.75. The van der Waals surface area contributed by atoms with Crippen LogP contribution < -0.4 is 10.5 Å². The van der Waals surface area contributed by atoms with E-state index < -0.39 is 0 Å². The predicted molar refractivity (Wildman–Crippen MR) is 79.8 cm³/mol. The minimum atomic E-state index is 0.237. The van der Waals surface area contributed by atoms with Crippen LogP contribution in [0.5, 0.6) is 5.75 Å². The molecular formula is C13H19N5OS. The topological polar surface area (TPSA) is 78.9 Å². The Balaban J connectivity index is 2.01. The number of rotatable bonds is 6. The molecule has 0 spiro atoms. The smallest absolute Gasteiger partial charge is 0.222 e. The summed E-state index contributed by atoms with van der Waals surface area (Å²) in [5.74, 6) is 1.95. The second-order valence-corrected chi connectivity index (χ2v) is 5.45. The van der Waals surface area contributed by atoms with Crippen molar-refractivity contribution in [1.29, 1.82) is 0 Å². The molecule has 0 bridgehead atoms. The molecule has 0 amide bonds. The largest absolute Gasteiger partial charge is 0.492 e. The van der Waals surface area contributed by atoms with E-state index >= 15 is 0 Å². The van der Waals surface area contributed by atoms with E-state index in [2.05, 4.69) is 29.0 Å². The van der Waals surface area contributed by atoms with Crippen LogP contribution in [0.3, 0.4) is 0 Å². The van der Waals surface area contributed by atoms with Gasteiger partial charge in [0.15, 0.2) is 5.16 Å². The summed E-state index contributed by atoms with van der Waals surface area (Å²) in [5, 5.41) is 8.83. The minimum Gasteiger partial charge on any atom is -0.492 e. The molecule has 6 nitrogen and oxygen atoms in total. The number of nitrogens with zero attached hydrogens (tertiary/aromatic N) is 4. The van der Waals surface area contributed by atoms with Gasteiger partial charge in [0.2, 0.25) is 5.95 Å². The van der Waals surface area contributed by atoms with E-state index in [1.54, 1.807) is 18.0 Å². The molecule has 0 fully saturated rings. The van der Waals surface area contributed by atoms with Crippen LogP contribution in [0.25, 0.3) is 0 Å². The quantitative estimate of drug-likeness (QED) is 0.824. The number of nitrogens with two attached hydrogens (primary N) is 1. The molecule has 0 saturated carbocycles. The molecule has 0 radical (unpaired) electrons. The maximum Gasteiger partial charge on any atom is 0.222 e. The number of pyridine rings is 1. The average Bonchev–Trinajstić information content (AvgIpc) is 2.79. The van der Waals surface area contributed by atoms with E-state index in [9.17, 15) is 0 Å². The van der Waals surface area contributed by atoms with Crippen molar-refractivity contribution in [2.24, 2.45) is 0 Å². The Morgan fingerprint density at radius 3 is 2.75 bits per heavy atom. The molecule has 0 saturated heterocycles. The summed E-state index contributed by atoms with van der Waals surface area (Å²) in [7, 11) is 0. The Bertz CT molecular complexity index is 552. The summed E-state index contributed by atoms with van der Waals surface area (Å²) >= 11 is 1.57. The molecule has 2 aromatic heterocycles. The molecule has 0 unspecified atom stereocenters. The SMILES string of the molecule is CCOc1ccc(CSc2nnc(N)n2C(C)C)nc1. The van der Waals surface area contributed by atoms with Crippen molar-refractivity contribution in [2.75, 3.05) is 12.3 Å². The van der Waals surface area contributed by atoms with E-state index in [0.717, 1.165) is 22.4 Å². The van der Waals surface area contributed by atoms with Gasteiger partial charge < -0.3 is 10.5 Å². The molecule has 7 heteroatoms. The lowest BCUT2D eigenvalue weighted by Gasteiger charge is -2.11. The van der Waals surface area contributed by atoms with Gasteiger partial charge in [-0.2, -0.15) is 0 Å². The zero-order chi connectivity index (χ0) is 14.5. The number of thioether (sulfide) groups is 1. The zero-order valence-electron chi connectivity index (χ0n) is 11.9. The number of ether oxygens (including phenoxy) is 1. The van der Waals surface area contributed by atoms with Gasteiger partial charge in [-0.05, 0) is 32.9 Å². The van der Waals surface area contributed by atoms with E-state index in [0.29, 0.717) is 12.6 Å². The van der Waals surface area contributed by atoms with Gasteiger partial charge >= 0.3 is 0 Å². The standard InChI is InChI=1S/C13H19N5OS/c1-4-19-11-6-5-10(15-7-11)8-20-13-17-16-12(14)18(13)9(2)3/h5-7,9H,4,8H2,1-3H3,(H2,14,16). The first-order valence-corrected chi connectivity index (χ1v) is 7.51. The molecule has 108 valence electrons. The van der Waals surface area contributed by atoms with E-state index in [4.69, 9.17) is 10.5 Å². The highest BCUT2D eigenvalue weighted by Gasteiger charge is 2.13. The fourth-order valence-electron chi connectivity index (χ4n) is 1.76. The van der Waals surface area contributed by atoms with Crippen LogP contribution in [0, 0.1) is 0 Å². The first-order valence-electron chi connectivity index (χ1n) is 6.52. The molecule has 0 aromatic carbocycles. The molecule has 20 heavy (non-hydrogen) atoms. The highest BCUT2D eigenvalue weighted by Crippen LogP contribution is 2.25. The van der Waals surface area contributed by atoms with Gasteiger partial charge in [0.25, 0.3) is 0 Å². The van der Waals surface area contributed by atoms with Crippen molar-refractivity contribution in [3.63, 3.8) is 0 Å². The Morgan fingerprint density at radius 1 is 1.35 bits per heavy atom. The van der Waals surface area contributed by atoms with Gasteiger partial charge in [-0.3, -0.25) is 9.55 Å². The van der Waals surface area contributed by atoms with Gasteiger partial charge in [0.1, 0.15) is 5.75 Å². The Morgan fingerprint density at radius 2 is 2.15 bits per heavy atom. The molecule has 0 atom stereocenters. The van der Waals surface area contributed by atoms with Crippen LogP contribution in [0.15, 0.2) is 23.5 Å². The third kappa shape index (κ3) is 3.41. The lowest BCUT2D eigenvalue weighted by Crippen LogP contribution is -2.07. The molecule has 0 aliphatic carbocycles. The van der Waals surface area contributed by atoms with Crippen LogP contribution >= 0.6 is 11.8 Å². The third-order valence-corrected chi connectivity index (χ3v) is 3.64. The number of hydrogen-bond donors (Lipinski definition) is 1. The van der Waals surface area contributed by atoms with Crippen molar-refractivity contribution in [3.8, 4) is 5.75 Å². The first kappa shape index (κ1) is 14.6. The van der Waals surface area contributed by atoms with E-state index in [1.165, 1.54) is 0 Å². The molecule has 2 aromatic rings. The van der Waals surface area contributed by atoms with Crippen LogP contribution in [0.1, 0.15) is 32.5 Å². The van der Waals surface area contributed by atoms with Crippen molar-refractivity contribution in [1.82, 2.24) is 19.7 Å². The highest BCUT2D eigenvalue weighted by molar-refractivity contribution is 7.98. The number of nitrogen functional groups attached to an aromatic ring is 1. The van der Waals surface area contributed by atoms with Crippen LogP contribution in [-0.4, -0.2) is 26.4 Å². The monoisotopic (exact) mass is 293 g/mol. The predicted octanol–water partition coefficient (Wildman–Crippen LogP) is 2.53. The molecule has 2 heterocycles. The Labute approximate surface area is 122 Å². The van der Waals surface area contributed by atoms with Crippen molar-refractivity contribution in [2.45, 2.75) is 37.7 Å². The highest BCUT2D eigenvalue weighted by atomic mass is 32.2. The van der Waals surface area contributed by atoms with Gasteiger partial charge in [-0.1, -0.05) is 11.8 Å². The summed E-state index contributed by atoms with van der Waals surface area (Å²) in [5.41, 5.74) is 6.78. The summed E-state index contributed by atoms with van der Waals surface area (Å²) < 4.78 is 7.28. The number of hydrogen-bond acceptors (Lipinski definition) is 6. The fraction of sp³-hybridized carbons (Fsp3) is 0.462. The first-order chi connectivity index (χ1) is 9.61. The van der Waals surface area contributed by atoms with Crippen LogP contribution in [-0.2, 0) is 5.75 Å². The van der Waals surface area contributed by atoms with E-state index in [-0.39, 0.29) is 6.04 Å². The number of anilines is 1. The maximum atomic E-state index is 5.81. The van der Waals surface area contributed by atoms with Crippen LogP contribution in [0.4, 0.5) is 5.95 Å². The lowest BCUT2D eigenvalue weighted by molar-refractivity contribution is 0.338. The molecular weight excluding hydrogens is 274 g/mol. The van der Waals surface area contributed by atoms with Gasteiger partial charge in [0.05, 0.1) is 18.5 Å². The molecule has 0 aliphatic rings. The van der Waals surface area contributed by atoms with Crippen molar-refractivity contribution >= 4 is 17.7 Å². The second kappa shape index (κ2) is 6.60. The summed E-state index contributed by atoms with van der Waals surface area (Å²) in [4.78, 5) is 4.36. The summed E-state index contributed by atoms with van der Waals surface area (Å²) in [6.45, 7) is 6.71.